The van der Waals surface area contributed by atoms with Crippen LogP contribution in [0.1, 0.15) is 31.9 Å². The SMILES string of the molecule is CC(C1CCC1)N(Cc1cn(CC#N)nn1)C(=O)O. The van der Waals surface area contributed by atoms with Gasteiger partial charge in [-0.3, -0.25) is 4.90 Å². The molecule has 1 aromatic heterocycles. The normalized spacial score (nSPS) is 16.4. The number of aromatic nitrogens is 3. The summed E-state index contributed by atoms with van der Waals surface area (Å²) in [7, 11) is 0. The van der Waals surface area contributed by atoms with Crippen molar-refractivity contribution in [2.75, 3.05) is 0 Å². The molecule has 0 radical (unpaired) electrons. The standard InChI is InChI=1S/C12H17N5O2/c1-9(10-3-2-4-10)17(12(18)19)8-11-7-16(6-5-13)15-14-11/h7,9-10H,2-4,6,8H2,1H3,(H,18,19). The van der Waals surface area contributed by atoms with Crippen LogP contribution < -0.4 is 0 Å². The van der Waals surface area contributed by atoms with E-state index in [9.17, 15) is 9.90 Å². The summed E-state index contributed by atoms with van der Waals surface area (Å²) in [6.45, 7) is 2.29. The molecule has 0 aliphatic heterocycles. The van der Waals surface area contributed by atoms with E-state index < -0.39 is 6.09 Å². The number of nitrogens with zero attached hydrogens (tertiary/aromatic N) is 5. The summed E-state index contributed by atoms with van der Waals surface area (Å²) in [5.41, 5.74) is 0.573. The van der Waals surface area contributed by atoms with Crippen LogP contribution in [0.15, 0.2) is 6.20 Å². The van der Waals surface area contributed by atoms with Crippen molar-refractivity contribution in [3.63, 3.8) is 0 Å². The summed E-state index contributed by atoms with van der Waals surface area (Å²) in [6.07, 6.45) is 4.04. The second-order valence-corrected chi connectivity index (χ2v) is 4.91. The molecule has 1 aromatic rings. The molecule has 1 saturated carbocycles. The first kappa shape index (κ1) is 13.3. The van der Waals surface area contributed by atoms with Crippen molar-refractivity contribution < 1.29 is 9.90 Å². The number of nitriles is 1. The molecule has 7 nitrogen and oxygen atoms in total. The lowest BCUT2D eigenvalue weighted by Crippen LogP contribution is -2.43. The van der Waals surface area contributed by atoms with Gasteiger partial charge in [0.25, 0.3) is 0 Å². The Kier molecular flexibility index (Phi) is 4.00. The molecule has 0 spiro atoms. The lowest BCUT2D eigenvalue weighted by atomic mass is 9.80. The summed E-state index contributed by atoms with van der Waals surface area (Å²) in [6, 6.07) is 1.96. The van der Waals surface area contributed by atoms with E-state index in [2.05, 4.69) is 10.3 Å². The molecule has 1 heterocycles. The van der Waals surface area contributed by atoms with E-state index >= 15 is 0 Å². The molecule has 0 aromatic carbocycles. The number of carbonyl (C=O) groups is 1. The Hall–Kier alpha value is -2.10. The Morgan fingerprint density at radius 2 is 2.47 bits per heavy atom. The van der Waals surface area contributed by atoms with Crippen molar-refractivity contribution in [1.29, 1.82) is 5.26 Å². The van der Waals surface area contributed by atoms with E-state index in [0.29, 0.717) is 11.6 Å². The monoisotopic (exact) mass is 263 g/mol. The Morgan fingerprint density at radius 3 is 3.00 bits per heavy atom. The number of carboxylic acid groups (broad SMARTS) is 1. The first-order valence-corrected chi connectivity index (χ1v) is 6.37. The van der Waals surface area contributed by atoms with Gasteiger partial charge in [-0.25, -0.2) is 9.48 Å². The highest BCUT2D eigenvalue weighted by molar-refractivity contribution is 5.65. The maximum atomic E-state index is 11.3. The average molecular weight is 263 g/mol. The van der Waals surface area contributed by atoms with Gasteiger partial charge in [-0.15, -0.1) is 5.10 Å². The van der Waals surface area contributed by atoms with E-state index in [1.807, 2.05) is 13.0 Å². The molecule has 0 bridgehead atoms. The Morgan fingerprint density at radius 1 is 1.74 bits per heavy atom. The molecule has 1 N–H and O–H groups in total. The third kappa shape index (κ3) is 3.02. The Balaban J connectivity index is 2.03. The number of hydrogen-bond donors (Lipinski definition) is 1. The molecule has 1 aliphatic rings. The van der Waals surface area contributed by atoms with Crippen molar-refractivity contribution in [3.8, 4) is 6.07 Å². The van der Waals surface area contributed by atoms with Crippen LogP contribution in [0.4, 0.5) is 4.79 Å². The fourth-order valence-corrected chi connectivity index (χ4v) is 2.30. The maximum absolute atomic E-state index is 11.3. The van der Waals surface area contributed by atoms with Gasteiger partial charge in [0.15, 0.2) is 0 Å². The zero-order chi connectivity index (χ0) is 13.8. The zero-order valence-corrected chi connectivity index (χ0v) is 10.9. The van der Waals surface area contributed by atoms with Gasteiger partial charge in [0.05, 0.1) is 18.8 Å². The van der Waals surface area contributed by atoms with Gasteiger partial charge in [0.1, 0.15) is 12.2 Å². The molecular formula is C12H17N5O2. The molecular weight excluding hydrogens is 246 g/mol. The van der Waals surface area contributed by atoms with Crippen LogP contribution in [-0.4, -0.2) is 37.1 Å². The number of amides is 1. The summed E-state index contributed by atoms with van der Waals surface area (Å²) in [5.74, 6) is 0.449. The van der Waals surface area contributed by atoms with E-state index in [4.69, 9.17) is 5.26 Å². The summed E-state index contributed by atoms with van der Waals surface area (Å²) in [4.78, 5) is 12.7. The van der Waals surface area contributed by atoms with Crippen molar-refractivity contribution in [2.45, 2.75) is 45.3 Å². The van der Waals surface area contributed by atoms with Crippen molar-refractivity contribution in [3.05, 3.63) is 11.9 Å². The van der Waals surface area contributed by atoms with Crippen molar-refractivity contribution in [1.82, 2.24) is 19.9 Å². The van der Waals surface area contributed by atoms with Gasteiger partial charge in [0, 0.05) is 6.04 Å². The molecule has 1 amide bonds. The summed E-state index contributed by atoms with van der Waals surface area (Å²) >= 11 is 0. The highest BCUT2D eigenvalue weighted by Crippen LogP contribution is 2.32. The van der Waals surface area contributed by atoms with E-state index in [0.717, 1.165) is 12.8 Å². The van der Waals surface area contributed by atoms with Crippen molar-refractivity contribution >= 4 is 6.09 Å². The summed E-state index contributed by atoms with van der Waals surface area (Å²) in [5, 5.41) is 25.5. The largest absolute Gasteiger partial charge is 0.465 e. The third-order valence-electron chi connectivity index (χ3n) is 3.72. The topological polar surface area (TPSA) is 95.0 Å². The second kappa shape index (κ2) is 5.69. The predicted molar refractivity (Wildman–Crippen MR) is 66.0 cm³/mol. The van der Waals surface area contributed by atoms with Crippen LogP contribution in [-0.2, 0) is 13.1 Å². The summed E-state index contributed by atoms with van der Waals surface area (Å²) < 4.78 is 1.41. The number of rotatable bonds is 5. The van der Waals surface area contributed by atoms with Crippen molar-refractivity contribution in [2.24, 2.45) is 5.92 Å². The third-order valence-corrected chi connectivity index (χ3v) is 3.72. The van der Waals surface area contributed by atoms with Crippen LogP contribution in [0.25, 0.3) is 0 Å². The molecule has 1 atom stereocenters. The zero-order valence-electron chi connectivity index (χ0n) is 10.9. The van der Waals surface area contributed by atoms with Gasteiger partial charge in [-0.1, -0.05) is 11.6 Å². The first-order chi connectivity index (χ1) is 9.11. The fraction of sp³-hybridized carbons (Fsp3) is 0.667. The quantitative estimate of drug-likeness (QED) is 0.867. The van der Waals surface area contributed by atoms with Crippen LogP contribution in [0.5, 0.6) is 0 Å². The number of hydrogen-bond acceptors (Lipinski definition) is 4. The van der Waals surface area contributed by atoms with Gasteiger partial charge < -0.3 is 5.11 Å². The highest BCUT2D eigenvalue weighted by atomic mass is 16.4. The predicted octanol–water partition coefficient (Wildman–Crippen LogP) is 1.47. The van der Waals surface area contributed by atoms with Crippen LogP contribution in [0, 0.1) is 17.2 Å². The fourth-order valence-electron chi connectivity index (χ4n) is 2.30. The lowest BCUT2D eigenvalue weighted by Gasteiger charge is -2.37. The minimum absolute atomic E-state index is 0.00707. The van der Waals surface area contributed by atoms with Crippen LogP contribution >= 0.6 is 0 Å². The minimum atomic E-state index is -0.936. The molecule has 7 heteroatoms. The first-order valence-electron chi connectivity index (χ1n) is 6.37. The molecule has 102 valence electrons. The van der Waals surface area contributed by atoms with Gasteiger partial charge in [-0.2, -0.15) is 5.26 Å². The van der Waals surface area contributed by atoms with E-state index in [1.54, 1.807) is 6.20 Å². The lowest BCUT2D eigenvalue weighted by molar-refractivity contribution is 0.0837. The molecule has 0 saturated heterocycles. The molecule has 1 fully saturated rings. The molecule has 1 aliphatic carbocycles. The van der Waals surface area contributed by atoms with Gasteiger partial charge in [0.2, 0.25) is 0 Å². The Labute approximate surface area is 111 Å². The van der Waals surface area contributed by atoms with E-state index in [-0.39, 0.29) is 19.1 Å². The smallest absolute Gasteiger partial charge is 0.407 e. The average Bonchev–Trinajstić information content (AvgIpc) is 2.71. The molecule has 2 rings (SSSR count). The Bertz CT molecular complexity index is 489. The van der Waals surface area contributed by atoms with Crippen LogP contribution in [0.2, 0.25) is 0 Å². The van der Waals surface area contributed by atoms with Gasteiger partial charge in [-0.05, 0) is 25.7 Å². The minimum Gasteiger partial charge on any atom is -0.465 e. The molecule has 1 unspecified atom stereocenters. The van der Waals surface area contributed by atoms with Gasteiger partial charge >= 0.3 is 6.09 Å². The second-order valence-electron chi connectivity index (χ2n) is 4.91. The van der Waals surface area contributed by atoms with E-state index in [1.165, 1.54) is 16.0 Å². The molecule has 19 heavy (non-hydrogen) atoms. The van der Waals surface area contributed by atoms with Crippen LogP contribution in [0.3, 0.4) is 0 Å². The highest BCUT2D eigenvalue weighted by Gasteiger charge is 2.31. The maximum Gasteiger partial charge on any atom is 0.407 e.